The van der Waals surface area contributed by atoms with Crippen LogP contribution in [0.15, 0.2) is 54.6 Å². The van der Waals surface area contributed by atoms with Crippen molar-refractivity contribution in [3.63, 3.8) is 0 Å². The number of carbonyl (C=O) groups excluding carboxylic acids is 2. The average Bonchev–Trinajstić information content (AvgIpc) is 3.09. The molecule has 1 fully saturated rings. The zero-order valence-electron chi connectivity index (χ0n) is 18.2. The molecule has 1 aliphatic rings. The molecule has 3 amide bonds. The second kappa shape index (κ2) is 12.0. The number of amides is 3. The Bertz CT molecular complexity index is 841. The van der Waals surface area contributed by atoms with Crippen LogP contribution >= 0.6 is 0 Å². The first-order valence-corrected chi connectivity index (χ1v) is 11.2. The molecule has 0 saturated carbocycles. The molecule has 0 aliphatic carbocycles. The van der Waals surface area contributed by atoms with E-state index in [9.17, 15) is 9.59 Å². The van der Waals surface area contributed by atoms with Gasteiger partial charge in [0.2, 0.25) is 5.91 Å². The number of hydrogen-bond donors (Lipinski definition) is 3. The maximum Gasteiger partial charge on any atom is 0.315 e. The zero-order chi connectivity index (χ0) is 21.9. The number of urea groups is 1. The molecule has 2 aromatic carbocycles. The molecule has 6 nitrogen and oxygen atoms in total. The van der Waals surface area contributed by atoms with Gasteiger partial charge in [0.05, 0.1) is 12.6 Å². The van der Waals surface area contributed by atoms with Crippen molar-refractivity contribution >= 4 is 11.9 Å². The first kappa shape index (κ1) is 22.7. The summed E-state index contributed by atoms with van der Waals surface area (Å²) in [5.74, 6) is 0.925. The molecule has 0 bridgehead atoms. The maximum atomic E-state index is 12.0. The Labute approximate surface area is 184 Å². The summed E-state index contributed by atoms with van der Waals surface area (Å²) in [6.07, 6.45) is 5.13. The minimum absolute atomic E-state index is 0.0605. The summed E-state index contributed by atoms with van der Waals surface area (Å²) < 4.78 is 5.92. The lowest BCUT2D eigenvalue weighted by molar-refractivity contribution is -0.121. The third-order valence-electron chi connectivity index (χ3n) is 5.59. The molecule has 1 aliphatic heterocycles. The number of para-hydroxylation sites is 1. The lowest BCUT2D eigenvalue weighted by atomic mass is 10.0. The minimum atomic E-state index is -0.0817. The molecule has 0 spiro atoms. The van der Waals surface area contributed by atoms with Gasteiger partial charge in [0, 0.05) is 18.9 Å². The van der Waals surface area contributed by atoms with Crippen LogP contribution in [0.4, 0.5) is 4.79 Å². The highest BCUT2D eigenvalue weighted by atomic mass is 16.5. The normalized spacial score (nSPS) is 17.6. The van der Waals surface area contributed by atoms with Crippen LogP contribution < -0.4 is 20.7 Å². The molecule has 166 valence electrons. The molecule has 6 heteroatoms. The van der Waals surface area contributed by atoms with Crippen molar-refractivity contribution in [2.45, 2.75) is 57.5 Å². The Balaban J connectivity index is 1.28. The van der Waals surface area contributed by atoms with Crippen molar-refractivity contribution in [3.8, 4) is 5.75 Å². The van der Waals surface area contributed by atoms with Crippen molar-refractivity contribution in [2.75, 3.05) is 13.2 Å². The zero-order valence-corrected chi connectivity index (χ0v) is 18.2. The summed E-state index contributed by atoms with van der Waals surface area (Å²) in [5.41, 5.74) is 2.39. The van der Waals surface area contributed by atoms with Crippen LogP contribution in [-0.4, -0.2) is 37.2 Å². The van der Waals surface area contributed by atoms with E-state index in [1.807, 2.05) is 43.3 Å². The van der Waals surface area contributed by atoms with Gasteiger partial charge in [-0.05, 0) is 37.0 Å². The largest absolute Gasteiger partial charge is 0.491 e. The molecule has 2 atom stereocenters. The Morgan fingerprint density at radius 3 is 2.55 bits per heavy atom. The Morgan fingerprint density at radius 2 is 1.77 bits per heavy atom. The van der Waals surface area contributed by atoms with Crippen LogP contribution in [0.5, 0.6) is 5.75 Å². The van der Waals surface area contributed by atoms with E-state index < -0.39 is 0 Å². The number of carbonyl (C=O) groups is 2. The second-order valence-electron chi connectivity index (χ2n) is 8.08. The third kappa shape index (κ3) is 7.63. The van der Waals surface area contributed by atoms with Crippen LogP contribution in [0.3, 0.4) is 0 Å². The summed E-state index contributed by atoms with van der Waals surface area (Å²) in [7, 11) is 0. The molecule has 0 unspecified atom stereocenters. The molecule has 31 heavy (non-hydrogen) atoms. The third-order valence-corrected chi connectivity index (χ3v) is 5.59. The molecule has 0 radical (unpaired) electrons. The second-order valence-corrected chi connectivity index (χ2v) is 8.08. The first-order chi connectivity index (χ1) is 15.1. The van der Waals surface area contributed by atoms with E-state index in [4.69, 9.17) is 4.74 Å². The van der Waals surface area contributed by atoms with Gasteiger partial charge in [0.25, 0.3) is 0 Å². The van der Waals surface area contributed by atoms with Gasteiger partial charge in [-0.2, -0.15) is 0 Å². The van der Waals surface area contributed by atoms with E-state index in [0.29, 0.717) is 19.6 Å². The van der Waals surface area contributed by atoms with Crippen molar-refractivity contribution in [2.24, 2.45) is 0 Å². The number of nitrogens with one attached hydrogen (secondary N) is 3. The number of unbranched alkanes of at least 4 members (excludes halogenated alkanes) is 2. The van der Waals surface area contributed by atoms with Crippen molar-refractivity contribution in [3.05, 3.63) is 65.7 Å². The van der Waals surface area contributed by atoms with Crippen molar-refractivity contribution < 1.29 is 14.3 Å². The van der Waals surface area contributed by atoms with Gasteiger partial charge in [-0.25, -0.2) is 4.79 Å². The molecule has 3 rings (SSSR count). The lowest BCUT2D eigenvalue weighted by Gasteiger charge is -2.13. The topological polar surface area (TPSA) is 79.5 Å². The highest BCUT2D eigenvalue weighted by Crippen LogP contribution is 2.21. The number of rotatable bonds is 12. The van der Waals surface area contributed by atoms with Crippen molar-refractivity contribution in [1.82, 2.24) is 16.0 Å². The van der Waals surface area contributed by atoms with Gasteiger partial charge >= 0.3 is 6.03 Å². The van der Waals surface area contributed by atoms with Crippen LogP contribution in [0, 0.1) is 0 Å². The summed E-state index contributed by atoms with van der Waals surface area (Å²) in [5, 5.41) is 8.72. The number of benzene rings is 2. The van der Waals surface area contributed by atoms with Gasteiger partial charge in [-0.1, -0.05) is 61.4 Å². The number of hydrogen-bond acceptors (Lipinski definition) is 3. The fraction of sp³-hybridized carbons (Fsp3) is 0.440. The molecule has 1 saturated heterocycles. The van der Waals surface area contributed by atoms with Crippen LogP contribution in [0.1, 0.15) is 50.2 Å². The lowest BCUT2D eigenvalue weighted by Crippen LogP contribution is -2.30. The van der Waals surface area contributed by atoms with Gasteiger partial charge in [-0.15, -0.1) is 0 Å². The van der Waals surface area contributed by atoms with E-state index >= 15 is 0 Å². The smallest absolute Gasteiger partial charge is 0.315 e. The van der Waals surface area contributed by atoms with E-state index in [1.54, 1.807) is 0 Å². The van der Waals surface area contributed by atoms with E-state index in [2.05, 4.69) is 34.1 Å². The molecule has 0 aromatic heterocycles. The molecule has 1 heterocycles. The maximum absolute atomic E-state index is 12.0. The van der Waals surface area contributed by atoms with E-state index in [-0.39, 0.29) is 24.0 Å². The predicted molar refractivity (Wildman–Crippen MR) is 122 cm³/mol. The van der Waals surface area contributed by atoms with Crippen LogP contribution in [-0.2, 0) is 11.2 Å². The SMILES string of the molecule is C[C@@H]1NC(=O)N[C@H]1CCCCCC(=O)NCCOc1ccccc1Cc1ccccc1. The molecular formula is C25H33N3O3. The summed E-state index contributed by atoms with van der Waals surface area (Å²) in [6, 6.07) is 18.6. The van der Waals surface area contributed by atoms with E-state index in [0.717, 1.165) is 43.4 Å². The Hall–Kier alpha value is -3.02. The fourth-order valence-corrected chi connectivity index (χ4v) is 3.84. The first-order valence-electron chi connectivity index (χ1n) is 11.2. The standard InChI is InChI=1S/C25H33N3O3/c1-19-22(28-25(30)27-19)13-6-3-7-15-24(29)26-16-17-31-23-14-9-8-12-21(23)18-20-10-4-2-5-11-20/h2,4-5,8-12,14,19,22H,3,6-7,13,15-18H2,1H3,(H,26,29)(H2,27,28,30)/t19-,22-/m0/s1. The van der Waals surface area contributed by atoms with Gasteiger partial charge < -0.3 is 20.7 Å². The quantitative estimate of drug-likeness (QED) is 0.455. The van der Waals surface area contributed by atoms with Gasteiger partial charge in [0.15, 0.2) is 0 Å². The van der Waals surface area contributed by atoms with Crippen molar-refractivity contribution in [1.29, 1.82) is 0 Å². The molecule has 2 aromatic rings. The Morgan fingerprint density at radius 1 is 1.00 bits per heavy atom. The van der Waals surface area contributed by atoms with Gasteiger partial charge in [0.1, 0.15) is 12.4 Å². The van der Waals surface area contributed by atoms with Crippen LogP contribution in [0.2, 0.25) is 0 Å². The fourth-order valence-electron chi connectivity index (χ4n) is 3.84. The minimum Gasteiger partial charge on any atom is -0.491 e. The highest BCUT2D eigenvalue weighted by Gasteiger charge is 2.26. The highest BCUT2D eigenvalue weighted by molar-refractivity contribution is 5.77. The monoisotopic (exact) mass is 423 g/mol. The van der Waals surface area contributed by atoms with Crippen LogP contribution in [0.25, 0.3) is 0 Å². The summed E-state index contributed by atoms with van der Waals surface area (Å²) >= 11 is 0. The van der Waals surface area contributed by atoms with E-state index in [1.165, 1.54) is 5.56 Å². The molecular weight excluding hydrogens is 390 g/mol. The summed E-state index contributed by atoms with van der Waals surface area (Å²) in [6.45, 7) is 2.96. The Kier molecular flexibility index (Phi) is 8.76. The molecule has 3 N–H and O–H groups in total. The average molecular weight is 424 g/mol. The summed E-state index contributed by atoms with van der Waals surface area (Å²) in [4.78, 5) is 23.3. The van der Waals surface area contributed by atoms with Gasteiger partial charge in [-0.3, -0.25) is 4.79 Å². The number of ether oxygens (including phenoxy) is 1. The predicted octanol–water partition coefficient (Wildman–Crippen LogP) is 3.79.